The van der Waals surface area contributed by atoms with E-state index >= 15 is 0 Å². The lowest BCUT2D eigenvalue weighted by Crippen LogP contribution is -2.30. The number of fused-ring (bicyclic) bond motifs is 1. The number of hydrogen-bond acceptors (Lipinski definition) is 3. The molecular formula is C29H23F3N4O. The van der Waals surface area contributed by atoms with Crippen molar-refractivity contribution in [1.82, 2.24) is 19.5 Å². The Morgan fingerprint density at radius 2 is 1.43 bits per heavy atom. The lowest BCUT2D eigenvalue weighted by molar-refractivity contribution is -0.142. The van der Waals surface area contributed by atoms with Gasteiger partial charge in [-0.15, -0.1) is 0 Å². The van der Waals surface area contributed by atoms with Crippen LogP contribution in [0.3, 0.4) is 0 Å². The van der Waals surface area contributed by atoms with E-state index in [1.54, 1.807) is 29.2 Å². The summed E-state index contributed by atoms with van der Waals surface area (Å²) in [5, 5.41) is 3.94. The molecule has 0 N–H and O–H groups in total. The second-order valence-corrected chi connectivity index (χ2v) is 8.82. The summed E-state index contributed by atoms with van der Waals surface area (Å²) in [5.41, 5.74) is 2.27. The Labute approximate surface area is 211 Å². The third kappa shape index (κ3) is 5.23. The second-order valence-electron chi connectivity index (χ2n) is 8.82. The first kappa shape index (κ1) is 24.2. The molecule has 0 spiro atoms. The lowest BCUT2D eigenvalue weighted by Gasteiger charge is -2.23. The average Bonchev–Trinajstić information content (AvgIpc) is 3.32. The normalized spacial score (nSPS) is 11.6. The van der Waals surface area contributed by atoms with E-state index in [1.807, 2.05) is 67.6 Å². The first-order chi connectivity index (χ1) is 17.8. The molecule has 5 nitrogen and oxygen atoms in total. The van der Waals surface area contributed by atoms with E-state index in [-0.39, 0.29) is 30.0 Å². The quantitative estimate of drug-likeness (QED) is 0.265. The number of aryl methyl sites for hydroxylation is 1. The van der Waals surface area contributed by atoms with Crippen LogP contribution in [-0.4, -0.2) is 25.4 Å². The van der Waals surface area contributed by atoms with E-state index in [0.29, 0.717) is 10.1 Å². The summed E-state index contributed by atoms with van der Waals surface area (Å²) in [4.78, 5) is 19.9. The summed E-state index contributed by atoms with van der Waals surface area (Å²) in [6.07, 6.45) is -3.53. The van der Waals surface area contributed by atoms with Crippen molar-refractivity contribution < 1.29 is 18.0 Å². The highest BCUT2D eigenvalue weighted by Crippen LogP contribution is 2.33. The fourth-order valence-electron chi connectivity index (χ4n) is 4.17. The summed E-state index contributed by atoms with van der Waals surface area (Å²) >= 11 is 0. The molecule has 0 aliphatic carbocycles. The number of benzene rings is 3. The molecule has 0 aliphatic heterocycles. The van der Waals surface area contributed by atoms with Crippen molar-refractivity contribution in [3.8, 4) is 11.3 Å². The van der Waals surface area contributed by atoms with Crippen LogP contribution in [0, 0.1) is 6.92 Å². The van der Waals surface area contributed by atoms with Gasteiger partial charge in [-0.1, -0.05) is 90.5 Å². The molecule has 0 fully saturated rings. The smallest absolute Gasteiger partial charge is 0.330 e. The topological polar surface area (TPSA) is 50.5 Å². The third-order valence-corrected chi connectivity index (χ3v) is 6.06. The van der Waals surface area contributed by atoms with Gasteiger partial charge in [0.25, 0.3) is 5.91 Å². The minimum atomic E-state index is -4.69. The molecule has 0 bridgehead atoms. The SMILES string of the molecule is Cc1ccc(-c2cc(C(F)(F)F)n3ncc(C(=O)N(Cc4ccccc4)Cc4ccccc4)c3n2)cc1. The van der Waals surface area contributed by atoms with Crippen LogP contribution >= 0.6 is 0 Å². The zero-order valence-electron chi connectivity index (χ0n) is 20.0. The van der Waals surface area contributed by atoms with Gasteiger partial charge in [-0.2, -0.15) is 18.3 Å². The largest absolute Gasteiger partial charge is 0.433 e. The Hall–Kier alpha value is -4.46. The Morgan fingerprint density at radius 3 is 1.97 bits per heavy atom. The summed E-state index contributed by atoms with van der Waals surface area (Å²) < 4.78 is 42.8. The molecule has 5 aromatic rings. The third-order valence-electron chi connectivity index (χ3n) is 6.06. The fourth-order valence-corrected chi connectivity index (χ4v) is 4.17. The highest BCUT2D eigenvalue weighted by molar-refractivity contribution is 6.00. The molecule has 0 saturated carbocycles. The molecule has 8 heteroatoms. The monoisotopic (exact) mass is 500 g/mol. The van der Waals surface area contributed by atoms with E-state index < -0.39 is 17.8 Å². The highest BCUT2D eigenvalue weighted by atomic mass is 19.4. The van der Waals surface area contributed by atoms with Crippen LogP contribution in [0.4, 0.5) is 13.2 Å². The molecule has 37 heavy (non-hydrogen) atoms. The fraction of sp³-hybridized carbons (Fsp3) is 0.138. The van der Waals surface area contributed by atoms with Crippen LogP contribution in [-0.2, 0) is 19.3 Å². The van der Waals surface area contributed by atoms with Gasteiger partial charge in [-0.3, -0.25) is 4.79 Å². The standard InChI is InChI=1S/C29H23F3N4O/c1-20-12-14-23(15-13-20)25-16-26(29(30,31)32)36-27(34-25)24(17-33-36)28(37)35(18-21-8-4-2-5-9-21)19-22-10-6-3-7-11-22/h2-17H,18-19H2,1H3. The average molecular weight is 501 g/mol. The summed E-state index contributed by atoms with van der Waals surface area (Å²) in [7, 11) is 0. The van der Waals surface area contributed by atoms with Gasteiger partial charge < -0.3 is 4.90 Å². The number of carbonyl (C=O) groups is 1. The number of carbonyl (C=O) groups excluding carboxylic acids is 1. The van der Waals surface area contributed by atoms with Crippen LogP contribution in [0.25, 0.3) is 16.9 Å². The number of amides is 1. The van der Waals surface area contributed by atoms with Crippen molar-refractivity contribution in [2.24, 2.45) is 0 Å². The minimum absolute atomic E-state index is 0.00586. The molecule has 2 aromatic heterocycles. The maximum Gasteiger partial charge on any atom is 0.433 e. The second kappa shape index (κ2) is 9.89. The van der Waals surface area contributed by atoms with Crippen molar-refractivity contribution in [3.05, 3.63) is 125 Å². The first-order valence-electron chi connectivity index (χ1n) is 11.7. The zero-order chi connectivity index (χ0) is 26.0. The molecule has 0 aliphatic rings. The van der Waals surface area contributed by atoms with Gasteiger partial charge in [0.1, 0.15) is 5.56 Å². The maximum absolute atomic E-state index is 14.0. The van der Waals surface area contributed by atoms with Crippen molar-refractivity contribution in [2.45, 2.75) is 26.2 Å². The Balaban J connectivity index is 1.62. The molecule has 0 saturated heterocycles. The predicted octanol–water partition coefficient (Wildman–Crippen LogP) is 6.57. The van der Waals surface area contributed by atoms with Gasteiger partial charge in [-0.05, 0) is 24.1 Å². The minimum Gasteiger partial charge on any atom is -0.330 e. The number of nitrogens with zero attached hydrogens (tertiary/aromatic N) is 4. The molecule has 0 atom stereocenters. The van der Waals surface area contributed by atoms with E-state index in [4.69, 9.17) is 0 Å². The van der Waals surface area contributed by atoms with Crippen molar-refractivity contribution in [1.29, 1.82) is 0 Å². The molecule has 0 radical (unpaired) electrons. The molecule has 0 unspecified atom stereocenters. The molecule has 5 rings (SSSR count). The number of alkyl halides is 3. The molecule has 2 heterocycles. The van der Waals surface area contributed by atoms with E-state index in [0.717, 1.165) is 22.8 Å². The van der Waals surface area contributed by atoms with E-state index in [9.17, 15) is 18.0 Å². The molecule has 186 valence electrons. The Bertz CT molecular complexity index is 1490. The zero-order valence-corrected chi connectivity index (χ0v) is 20.0. The van der Waals surface area contributed by atoms with Gasteiger partial charge in [0.05, 0.1) is 11.9 Å². The van der Waals surface area contributed by atoms with E-state index in [1.165, 1.54) is 6.20 Å². The highest BCUT2D eigenvalue weighted by Gasteiger charge is 2.36. The number of rotatable bonds is 6. The lowest BCUT2D eigenvalue weighted by atomic mass is 10.1. The van der Waals surface area contributed by atoms with Crippen LogP contribution < -0.4 is 0 Å². The number of aromatic nitrogens is 3. The van der Waals surface area contributed by atoms with Gasteiger partial charge >= 0.3 is 6.18 Å². The van der Waals surface area contributed by atoms with Gasteiger partial charge in [-0.25, -0.2) is 9.50 Å². The molecular weight excluding hydrogens is 477 g/mol. The first-order valence-corrected chi connectivity index (χ1v) is 11.7. The van der Waals surface area contributed by atoms with Crippen molar-refractivity contribution in [2.75, 3.05) is 0 Å². The predicted molar refractivity (Wildman–Crippen MR) is 135 cm³/mol. The maximum atomic E-state index is 14.0. The van der Waals surface area contributed by atoms with Crippen molar-refractivity contribution >= 4 is 11.6 Å². The molecule has 3 aromatic carbocycles. The van der Waals surface area contributed by atoms with Gasteiger partial charge in [0.2, 0.25) is 0 Å². The van der Waals surface area contributed by atoms with Crippen LogP contribution in [0.5, 0.6) is 0 Å². The summed E-state index contributed by atoms with van der Waals surface area (Å²) in [6.45, 7) is 2.44. The summed E-state index contributed by atoms with van der Waals surface area (Å²) in [5.74, 6) is -0.454. The van der Waals surface area contributed by atoms with Gasteiger partial charge in [0.15, 0.2) is 11.3 Å². The number of halogens is 3. The Morgan fingerprint density at radius 1 is 0.865 bits per heavy atom. The van der Waals surface area contributed by atoms with Crippen LogP contribution in [0.1, 0.15) is 32.7 Å². The number of hydrogen-bond donors (Lipinski definition) is 0. The van der Waals surface area contributed by atoms with Crippen LogP contribution in [0.2, 0.25) is 0 Å². The molecule has 1 amide bonds. The Kier molecular flexibility index (Phi) is 6.48. The summed E-state index contributed by atoms with van der Waals surface area (Å²) in [6, 6.07) is 26.9. The van der Waals surface area contributed by atoms with Crippen LogP contribution in [0.15, 0.2) is 97.2 Å². The van der Waals surface area contributed by atoms with E-state index in [2.05, 4.69) is 10.1 Å². The van der Waals surface area contributed by atoms with Crippen molar-refractivity contribution in [3.63, 3.8) is 0 Å². The van der Waals surface area contributed by atoms with Gasteiger partial charge in [0, 0.05) is 18.7 Å².